The largest absolute Gasteiger partial charge is 0.466 e. The molecule has 0 bridgehead atoms. The standard InChI is InChI=1S/Al.BH3.H3O4P.H4Si.3H/c;;1-5(2,3)4;;;;/h;1H3;(H3,1,2,3,4);1H4;;;. The Morgan fingerprint density at radius 1 is 1.12 bits per heavy atom. The third-order valence-corrected chi connectivity index (χ3v) is 0. The molecular weight excluding hydrogens is 161 g/mol. The summed E-state index contributed by atoms with van der Waals surface area (Å²) in [5, 5.41) is 0. The Morgan fingerprint density at radius 2 is 1.12 bits per heavy atom. The van der Waals surface area contributed by atoms with Gasteiger partial charge < -0.3 is 14.7 Å². The minimum Gasteiger partial charge on any atom is -0.303 e. The zero-order valence-electron chi connectivity index (χ0n) is 2.20. The lowest BCUT2D eigenvalue weighted by Crippen LogP contribution is -1.66. The molecule has 0 aliphatic heterocycles. The van der Waals surface area contributed by atoms with Crippen LogP contribution in [0.1, 0.15) is 0 Å². The van der Waals surface area contributed by atoms with E-state index in [1.165, 1.54) is 0 Å². The van der Waals surface area contributed by atoms with Gasteiger partial charge in [-0.05, 0) is 11.0 Å². The highest BCUT2D eigenvalue weighted by Crippen LogP contribution is 2.25. The minimum atomic E-state index is -4.64. The van der Waals surface area contributed by atoms with Gasteiger partial charge in [0.25, 0.3) is 0 Å². The molecule has 0 atom stereocenters. The Kier molecular flexibility index (Phi) is 22.9. The second-order valence-electron chi connectivity index (χ2n) is 0.513. The molecule has 0 heterocycles. The first kappa shape index (κ1) is 23.1. The van der Waals surface area contributed by atoms with Crippen LogP contribution in [0.5, 0.6) is 0 Å². The molecule has 0 saturated carbocycles. The van der Waals surface area contributed by atoms with E-state index in [9.17, 15) is 0 Å². The van der Waals surface area contributed by atoms with E-state index in [1.807, 2.05) is 0 Å². The van der Waals surface area contributed by atoms with Gasteiger partial charge in [-0.3, -0.25) is 0 Å². The molecular formula is H13AlBO4PSi. The van der Waals surface area contributed by atoms with Crippen LogP contribution >= 0.6 is 7.82 Å². The molecule has 4 nitrogen and oxygen atoms in total. The number of hydrogen-bond acceptors (Lipinski definition) is 1. The van der Waals surface area contributed by atoms with Gasteiger partial charge in [-0.2, -0.15) is 0 Å². The van der Waals surface area contributed by atoms with Crippen LogP contribution in [0.3, 0.4) is 0 Å². The Balaban J connectivity index is -0.0000000267. The van der Waals surface area contributed by atoms with Gasteiger partial charge in [0.15, 0.2) is 17.4 Å². The summed E-state index contributed by atoms with van der Waals surface area (Å²) in [6.07, 6.45) is 0. The number of rotatable bonds is 0. The smallest absolute Gasteiger partial charge is 0.303 e. The van der Waals surface area contributed by atoms with Crippen LogP contribution in [0, 0.1) is 0 Å². The molecule has 0 rings (SSSR count). The van der Waals surface area contributed by atoms with Crippen molar-refractivity contribution in [3.8, 4) is 0 Å². The van der Waals surface area contributed by atoms with Gasteiger partial charge in [-0.1, -0.05) is 0 Å². The van der Waals surface area contributed by atoms with Crippen LogP contribution in [-0.4, -0.2) is 51.4 Å². The summed E-state index contributed by atoms with van der Waals surface area (Å²) >= 11 is 0. The fourth-order valence-corrected chi connectivity index (χ4v) is 0. The predicted octanol–water partition coefficient (Wildman–Crippen LogP) is -4.75. The molecule has 0 aromatic carbocycles. The van der Waals surface area contributed by atoms with Gasteiger partial charge in [0.1, 0.15) is 0 Å². The monoisotopic (exact) mass is 174 g/mol. The van der Waals surface area contributed by atoms with Crippen molar-refractivity contribution < 1.29 is 19.2 Å². The first-order chi connectivity index (χ1) is 2.00. The number of hydrogen-bond donors (Lipinski definition) is 3. The van der Waals surface area contributed by atoms with Crippen molar-refractivity contribution in [2.45, 2.75) is 0 Å². The van der Waals surface area contributed by atoms with Crippen molar-refractivity contribution in [1.29, 1.82) is 0 Å². The average molecular weight is 174 g/mol. The SMILES string of the molecule is B.O=P(O)(O)O.[AlH3].[SiH4]. The highest BCUT2D eigenvalue weighted by Gasteiger charge is 2.00. The van der Waals surface area contributed by atoms with Crippen LogP contribution in [0.4, 0.5) is 0 Å². The summed E-state index contributed by atoms with van der Waals surface area (Å²) in [5.74, 6) is 0. The molecule has 0 aromatic heterocycles. The van der Waals surface area contributed by atoms with Crippen molar-refractivity contribution in [3.05, 3.63) is 0 Å². The highest BCUT2D eigenvalue weighted by molar-refractivity contribution is 7.45. The van der Waals surface area contributed by atoms with E-state index in [0.717, 1.165) is 0 Å². The topological polar surface area (TPSA) is 77.8 Å². The van der Waals surface area contributed by atoms with E-state index in [1.54, 1.807) is 0 Å². The van der Waals surface area contributed by atoms with Crippen LogP contribution in [-0.2, 0) is 4.57 Å². The fraction of sp³-hybridized carbons (Fsp3) is 0. The normalized spacial score (nSPS) is 7.38. The zero-order chi connectivity index (χ0) is 4.50. The maximum atomic E-state index is 8.88. The highest BCUT2D eigenvalue weighted by atomic mass is 31.2. The average Bonchev–Trinajstić information content (AvgIpc) is 0.722. The summed E-state index contributed by atoms with van der Waals surface area (Å²) in [7, 11) is -4.64. The van der Waals surface area contributed by atoms with E-state index < -0.39 is 7.82 Å². The molecule has 0 aliphatic rings. The van der Waals surface area contributed by atoms with Gasteiger partial charge in [-0.25, -0.2) is 4.57 Å². The summed E-state index contributed by atoms with van der Waals surface area (Å²) in [5.41, 5.74) is 0. The number of phosphoric acid groups is 1. The third-order valence-electron chi connectivity index (χ3n) is 0. The van der Waals surface area contributed by atoms with E-state index >= 15 is 0 Å². The molecule has 0 aromatic rings. The molecule has 0 unspecified atom stereocenters. The van der Waals surface area contributed by atoms with Gasteiger partial charge in [0, 0.05) is 0 Å². The maximum absolute atomic E-state index is 8.88. The van der Waals surface area contributed by atoms with Gasteiger partial charge in [0.05, 0.1) is 8.41 Å². The van der Waals surface area contributed by atoms with E-state index in [2.05, 4.69) is 0 Å². The Bertz CT molecular complexity index is 62.2. The molecule has 52 valence electrons. The molecule has 3 N–H and O–H groups in total. The van der Waals surface area contributed by atoms with Crippen LogP contribution in [0.2, 0.25) is 0 Å². The molecule has 0 radical (unpaired) electrons. The second-order valence-corrected chi connectivity index (χ2v) is 1.54. The quantitative estimate of drug-likeness (QED) is 0.254. The zero-order valence-corrected chi connectivity index (χ0v) is 3.09. The predicted molar refractivity (Wildman–Crippen MR) is 45.5 cm³/mol. The lowest BCUT2D eigenvalue weighted by Gasteiger charge is -1.82. The molecule has 8 heteroatoms. The van der Waals surface area contributed by atoms with Crippen molar-refractivity contribution in [2.24, 2.45) is 0 Å². The molecule has 0 saturated heterocycles. The summed E-state index contributed by atoms with van der Waals surface area (Å²) < 4.78 is 8.88. The molecule has 0 amide bonds. The van der Waals surface area contributed by atoms with Crippen molar-refractivity contribution in [2.75, 3.05) is 0 Å². The van der Waals surface area contributed by atoms with Crippen LogP contribution in [0.15, 0.2) is 0 Å². The van der Waals surface area contributed by atoms with Crippen molar-refractivity contribution in [1.82, 2.24) is 0 Å². The summed E-state index contributed by atoms with van der Waals surface area (Å²) in [4.78, 5) is 21.6. The summed E-state index contributed by atoms with van der Waals surface area (Å²) in [6.45, 7) is 0. The van der Waals surface area contributed by atoms with E-state index in [-0.39, 0.29) is 36.7 Å². The third kappa shape index (κ3) is 284. The molecule has 0 spiro atoms. The molecule has 0 fully saturated rings. The van der Waals surface area contributed by atoms with Gasteiger partial charge >= 0.3 is 7.82 Å². The molecule has 0 aliphatic carbocycles. The van der Waals surface area contributed by atoms with Crippen molar-refractivity contribution in [3.63, 3.8) is 0 Å². The van der Waals surface area contributed by atoms with E-state index in [0.29, 0.717) is 0 Å². The van der Waals surface area contributed by atoms with Crippen LogP contribution in [0.25, 0.3) is 0 Å². The second kappa shape index (κ2) is 7.92. The first-order valence-corrected chi connectivity index (χ1v) is 2.35. The minimum absolute atomic E-state index is 0. The van der Waals surface area contributed by atoms with Crippen molar-refractivity contribution >= 4 is 44.6 Å². The Hall–Kier alpha value is 0.924. The van der Waals surface area contributed by atoms with Gasteiger partial charge in [0.2, 0.25) is 0 Å². The first-order valence-electron chi connectivity index (χ1n) is 0.783. The van der Waals surface area contributed by atoms with Crippen LogP contribution < -0.4 is 0 Å². The Morgan fingerprint density at radius 3 is 1.12 bits per heavy atom. The fourth-order valence-electron chi connectivity index (χ4n) is 0. The summed E-state index contributed by atoms with van der Waals surface area (Å²) in [6, 6.07) is 0. The lowest BCUT2D eigenvalue weighted by molar-refractivity contribution is 0.275. The van der Waals surface area contributed by atoms with E-state index in [4.69, 9.17) is 19.2 Å². The molecule has 8 heavy (non-hydrogen) atoms. The van der Waals surface area contributed by atoms with Gasteiger partial charge in [-0.15, -0.1) is 0 Å². The maximum Gasteiger partial charge on any atom is 0.466 e. The lowest BCUT2D eigenvalue weighted by atomic mass is 10.8. The Labute approximate surface area is 64.3 Å².